The Morgan fingerprint density at radius 2 is 2.24 bits per heavy atom. The van der Waals surface area contributed by atoms with Crippen LogP contribution < -0.4 is 4.90 Å². The summed E-state index contributed by atoms with van der Waals surface area (Å²) in [6.07, 6.45) is 3.92. The predicted octanol–water partition coefficient (Wildman–Crippen LogP) is 3.16. The molecule has 0 amide bonds. The Kier molecular flexibility index (Phi) is 4.06. The zero-order valence-corrected chi connectivity index (χ0v) is 14.0. The first kappa shape index (κ1) is 15.0. The lowest BCUT2D eigenvalue weighted by Crippen LogP contribution is -2.30. The average molecular weight is 308 g/mol. The van der Waals surface area contributed by atoms with E-state index < -0.39 is 0 Å². The minimum Gasteiger partial charge on any atom is -0.381 e. The number of hydrogen-bond donors (Lipinski definition) is 0. The van der Waals surface area contributed by atoms with Crippen LogP contribution in [0, 0.1) is 11.3 Å². The molecule has 1 aromatic rings. The van der Waals surface area contributed by atoms with E-state index in [1.807, 2.05) is 0 Å². The predicted molar refractivity (Wildman–Crippen MR) is 85.4 cm³/mol. The molecule has 1 aliphatic heterocycles. The Labute approximate surface area is 130 Å². The fourth-order valence-electron chi connectivity index (χ4n) is 3.29. The van der Waals surface area contributed by atoms with Crippen molar-refractivity contribution in [1.29, 1.82) is 0 Å². The van der Waals surface area contributed by atoms with E-state index in [0.717, 1.165) is 48.3 Å². The van der Waals surface area contributed by atoms with Crippen LogP contribution in [-0.4, -0.2) is 37.6 Å². The third-order valence-electron chi connectivity index (χ3n) is 4.34. The molecule has 2 aliphatic rings. The van der Waals surface area contributed by atoms with Gasteiger partial charge in [0.2, 0.25) is 0 Å². The molecule has 0 spiro atoms. The monoisotopic (exact) mass is 308 g/mol. The molecular formula is C16H24N2O2S. The van der Waals surface area contributed by atoms with Crippen molar-refractivity contribution in [3.63, 3.8) is 0 Å². The zero-order valence-electron chi connectivity index (χ0n) is 13.1. The maximum Gasteiger partial charge on any atom is 0.185 e. The highest BCUT2D eigenvalue weighted by Gasteiger charge is 2.34. The number of aromatic nitrogens is 1. The minimum atomic E-state index is 0.0468. The van der Waals surface area contributed by atoms with E-state index in [1.54, 1.807) is 11.3 Å². The maximum atomic E-state index is 12.3. The molecule has 5 heteroatoms. The molecule has 116 valence electrons. The number of ether oxygens (including phenoxy) is 1. The van der Waals surface area contributed by atoms with Crippen molar-refractivity contribution in [2.24, 2.45) is 11.3 Å². The molecule has 0 bridgehead atoms. The highest BCUT2D eigenvalue weighted by molar-refractivity contribution is 7.17. The van der Waals surface area contributed by atoms with Crippen LogP contribution in [0.1, 0.15) is 48.5 Å². The number of carbonyl (C=O) groups is 1. The van der Waals surface area contributed by atoms with E-state index in [0.29, 0.717) is 12.3 Å². The quantitative estimate of drug-likeness (QED) is 0.860. The molecule has 1 atom stereocenters. The second-order valence-electron chi connectivity index (χ2n) is 7.18. The van der Waals surface area contributed by atoms with Crippen molar-refractivity contribution in [1.82, 2.24) is 4.98 Å². The van der Waals surface area contributed by atoms with Gasteiger partial charge in [-0.2, -0.15) is 0 Å². The number of anilines is 1. The fourth-order valence-corrected chi connectivity index (χ4v) is 4.28. The smallest absolute Gasteiger partial charge is 0.185 e. The summed E-state index contributed by atoms with van der Waals surface area (Å²) in [5, 5.41) is 0.983. The van der Waals surface area contributed by atoms with Gasteiger partial charge in [0.1, 0.15) is 0 Å². The number of rotatable bonds is 3. The van der Waals surface area contributed by atoms with E-state index in [9.17, 15) is 4.79 Å². The third-order valence-corrected chi connectivity index (χ3v) is 5.59. The van der Waals surface area contributed by atoms with Crippen LogP contribution in [0.25, 0.3) is 0 Å². The van der Waals surface area contributed by atoms with Crippen LogP contribution in [0.4, 0.5) is 5.13 Å². The van der Waals surface area contributed by atoms with Crippen LogP contribution in [-0.2, 0) is 11.2 Å². The Balaban J connectivity index is 1.73. The molecule has 1 aliphatic carbocycles. The highest BCUT2D eigenvalue weighted by Crippen LogP contribution is 2.39. The zero-order chi connectivity index (χ0) is 15.0. The standard InChI is InChI=1S/C16H24N2O2S/c1-16(2)7-12-14(13(19)8-16)21-15(17-12)18(3)9-11-5-4-6-20-10-11/h11H,4-10H2,1-3H3. The number of hydrogen-bond acceptors (Lipinski definition) is 5. The molecule has 2 heterocycles. The molecule has 0 aromatic carbocycles. The highest BCUT2D eigenvalue weighted by atomic mass is 32.1. The Morgan fingerprint density at radius 1 is 1.43 bits per heavy atom. The maximum absolute atomic E-state index is 12.3. The van der Waals surface area contributed by atoms with Gasteiger partial charge in [-0.25, -0.2) is 4.98 Å². The number of fused-ring (bicyclic) bond motifs is 1. The molecule has 21 heavy (non-hydrogen) atoms. The second-order valence-corrected chi connectivity index (χ2v) is 8.15. The van der Waals surface area contributed by atoms with Crippen LogP contribution in [0.15, 0.2) is 0 Å². The van der Waals surface area contributed by atoms with Crippen LogP contribution >= 0.6 is 11.3 Å². The third kappa shape index (κ3) is 3.29. The second kappa shape index (κ2) is 5.69. The van der Waals surface area contributed by atoms with Gasteiger partial charge in [-0.3, -0.25) is 4.79 Å². The SMILES string of the molecule is CN(CC1CCCOC1)c1nc2c(s1)C(=O)CC(C)(C)C2. The van der Waals surface area contributed by atoms with Crippen molar-refractivity contribution in [2.45, 2.75) is 39.5 Å². The van der Waals surface area contributed by atoms with Gasteiger partial charge in [-0.15, -0.1) is 0 Å². The largest absolute Gasteiger partial charge is 0.381 e. The number of carbonyl (C=O) groups excluding carboxylic acids is 1. The van der Waals surface area contributed by atoms with Gasteiger partial charge < -0.3 is 9.64 Å². The molecule has 4 nitrogen and oxygen atoms in total. The summed E-state index contributed by atoms with van der Waals surface area (Å²) in [4.78, 5) is 20.1. The summed E-state index contributed by atoms with van der Waals surface area (Å²) in [5.74, 6) is 0.844. The van der Waals surface area contributed by atoms with Gasteiger partial charge in [0, 0.05) is 26.6 Å². The fraction of sp³-hybridized carbons (Fsp3) is 0.750. The van der Waals surface area contributed by atoms with Gasteiger partial charge in [-0.1, -0.05) is 25.2 Å². The van der Waals surface area contributed by atoms with E-state index in [-0.39, 0.29) is 11.2 Å². The lowest BCUT2D eigenvalue weighted by Gasteiger charge is -2.27. The van der Waals surface area contributed by atoms with Crippen molar-refractivity contribution < 1.29 is 9.53 Å². The molecule has 0 N–H and O–H groups in total. The van der Waals surface area contributed by atoms with Crippen LogP contribution in [0.3, 0.4) is 0 Å². The number of Topliss-reactive ketones (excluding diaryl/α,β-unsaturated/α-hetero) is 1. The van der Waals surface area contributed by atoms with Gasteiger partial charge in [0.05, 0.1) is 17.2 Å². The summed E-state index contributed by atoms with van der Waals surface area (Å²) in [5.41, 5.74) is 1.05. The van der Waals surface area contributed by atoms with Crippen LogP contribution in [0.5, 0.6) is 0 Å². The van der Waals surface area contributed by atoms with Gasteiger partial charge in [0.25, 0.3) is 0 Å². The van der Waals surface area contributed by atoms with Crippen molar-refractivity contribution >= 4 is 22.3 Å². The summed E-state index contributed by atoms with van der Waals surface area (Å²) in [7, 11) is 2.08. The Morgan fingerprint density at radius 3 is 2.95 bits per heavy atom. The Bertz CT molecular complexity index is 532. The summed E-state index contributed by atoms with van der Waals surface area (Å²) >= 11 is 1.57. The molecule has 1 saturated heterocycles. The van der Waals surface area contributed by atoms with E-state index in [1.165, 1.54) is 6.42 Å². The van der Waals surface area contributed by atoms with Crippen LogP contribution in [0.2, 0.25) is 0 Å². The van der Waals surface area contributed by atoms with Crippen molar-refractivity contribution in [3.8, 4) is 0 Å². The van der Waals surface area contributed by atoms with E-state index in [4.69, 9.17) is 9.72 Å². The van der Waals surface area contributed by atoms with Gasteiger partial charge >= 0.3 is 0 Å². The first-order chi connectivity index (χ1) is 9.94. The average Bonchev–Trinajstić information content (AvgIpc) is 2.82. The number of nitrogens with zero attached hydrogens (tertiary/aromatic N) is 2. The lowest BCUT2D eigenvalue weighted by atomic mass is 9.78. The number of thiazole rings is 1. The lowest BCUT2D eigenvalue weighted by molar-refractivity contribution is 0.0576. The molecule has 3 rings (SSSR count). The molecule has 1 unspecified atom stereocenters. The summed E-state index contributed by atoms with van der Waals surface area (Å²) < 4.78 is 5.55. The van der Waals surface area contributed by atoms with Gasteiger partial charge in [0.15, 0.2) is 10.9 Å². The van der Waals surface area contributed by atoms with E-state index in [2.05, 4.69) is 25.8 Å². The minimum absolute atomic E-state index is 0.0468. The number of ketones is 1. The van der Waals surface area contributed by atoms with Crippen molar-refractivity contribution in [2.75, 3.05) is 31.7 Å². The summed E-state index contributed by atoms with van der Waals surface area (Å²) in [6, 6.07) is 0. The first-order valence-corrected chi connectivity index (χ1v) is 8.58. The van der Waals surface area contributed by atoms with E-state index >= 15 is 0 Å². The first-order valence-electron chi connectivity index (χ1n) is 7.76. The normalized spacial score (nSPS) is 24.7. The topological polar surface area (TPSA) is 42.4 Å². The molecular weight excluding hydrogens is 284 g/mol. The molecule has 1 aromatic heterocycles. The molecule has 0 saturated carbocycles. The Hall–Kier alpha value is -0.940. The van der Waals surface area contributed by atoms with Crippen molar-refractivity contribution in [3.05, 3.63) is 10.6 Å². The van der Waals surface area contributed by atoms with Gasteiger partial charge in [-0.05, 0) is 30.6 Å². The molecule has 0 radical (unpaired) electrons. The molecule has 1 fully saturated rings. The summed E-state index contributed by atoms with van der Waals surface area (Å²) in [6.45, 7) is 7.01.